The first kappa shape index (κ1) is 23.6. The second kappa shape index (κ2) is 10.0. The minimum atomic E-state index is -1.08. The average molecular weight is 450 g/mol. The summed E-state index contributed by atoms with van der Waals surface area (Å²) in [7, 11) is 1.52. The largest absolute Gasteiger partial charge is 0.505 e. The van der Waals surface area contributed by atoms with Crippen LogP contribution >= 0.6 is 0 Å². The number of nitrogens with zero attached hydrogens (tertiary/aromatic N) is 1. The van der Waals surface area contributed by atoms with Gasteiger partial charge in [-0.1, -0.05) is 48.5 Å². The van der Waals surface area contributed by atoms with Gasteiger partial charge in [-0.25, -0.2) is 4.79 Å². The molecular weight excluding hydrogens is 422 g/mol. The van der Waals surface area contributed by atoms with Gasteiger partial charge in [-0.15, -0.1) is 0 Å². The van der Waals surface area contributed by atoms with Crippen LogP contribution in [0.3, 0.4) is 0 Å². The highest BCUT2D eigenvalue weighted by Gasteiger charge is 2.21. The molecule has 3 rings (SSSR count). The van der Waals surface area contributed by atoms with Crippen molar-refractivity contribution < 1.29 is 19.8 Å². The third-order valence-electron chi connectivity index (χ3n) is 5.58. The Morgan fingerprint density at radius 2 is 1.79 bits per heavy atom. The molecule has 33 heavy (non-hydrogen) atoms. The topological polar surface area (TPSA) is 121 Å². The number of aromatic hydroxyl groups is 1. The lowest BCUT2D eigenvalue weighted by atomic mass is 9.96. The van der Waals surface area contributed by atoms with Gasteiger partial charge in [0.15, 0.2) is 5.69 Å². The Kier molecular flexibility index (Phi) is 7.17. The van der Waals surface area contributed by atoms with Gasteiger partial charge in [0.25, 0.3) is 5.56 Å². The summed E-state index contributed by atoms with van der Waals surface area (Å²) in [5.41, 5.74) is 3.59. The van der Waals surface area contributed by atoms with Crippen molar-refractivity contribution in [1.82, 2.24) is 9.88 Å². The fourth-order valence-electron chi connectivity index (χ4n) is 3.60. The van der Waals surface area contributed by atoms with Gasteiger partial charge >= 0.3 is 12.0 Å². The molecule has 0 aliphatic rings. The summed E-state index contributed by atoms with van der Waals surface area (Å²) in [4.78, 5) is 36.5. The Balaban J connectivity index is 1.83. The normalized spacial score (nSPS) is 11.6. The standard InChI is InChI=1S/C25H27N3O5/c1-15-7-4-5-9-18(15)12-17-8-6-10-19(13-17)20(14-22(30)31)26-25(33)27-23-21(29)11-16(2)28(3)24(23)32/h4-11,13,20,29H,12,14H2,1-3H3,(H,30,31)(H2,26,27,33)/t20-/m0/s1. The van der Waals surface area contributed by atoms with Crippen LogP contribution in [0, 0.1) is 13.8 Å². The first-order chi connectivity index (χ1) is 15.7. The van der Waals surface area contributed by atoms with E-state index in [4.69, 9.17) is 0 Å². The van der Waals surface area contributed by atoms with E-state index in [2.05, 4.69) is 10.6 Å². The molecule has 0 radical (unpaired) electrons. The lowest BCUT2D eigenvalue weighted by molar-refractivity contribution is -0.137. The third-order valence-corrected chi connectivity index (χ3v) is 5.58. The van der Waals surface area contributed by atoms with Crippen LogP contribution < -0.4 is 16.2 Å². The molecule has 0 fully saturated rings. The summed E-state index contributed by atoms with van der Waals surface area (Å²) in [6.45, 7) is 3.68. The zero-order chi connectivity index (χ0) is 24.1. The predicted octanol–water partition coefficient (Wildman–Crippen LogP) is 3.64. The molecule has 0 saturated heterocycles. The van der Waals surface area contributed by atoms with Crippen molar-refractivity contribution in [3.8, 4) is 5.75 Å². The van der Waals surface area contributed by atoms with Crippen molar-refractivity contribution in [3.05, 3.63) is 92.9 Å². The highest BCUT2D eigenvalue weighted by atomic mass is 16.4. The molecule has 0 saturated carbocycles. The molecule has 2 amide bonds. The van der Waals surface area contributed by atoms with E-state index in [9.17, 15) is 24.6 Å². The maximum atomic E-state index is 12.6. The maximum Gasteiger partial charge on any atom is 0.319 e. The first-order valence-corrected chi connectivity index (χ1v) is 10.5. The number of hydrogen-bond acceptors (Lipinski definition) is 4. The fraction of sp³-hybridized carbons (Fsp3) is 0.240. The SMILES string of the molecule is Cc1ccccc1Cc1cccc([C@H](CC(=O)O)NC(=O)Nc2c(O)cc(C)n(C)c2=O)c1. The van der Waals surface area contributed by atoms with Crippen molar-refractivity contribution in [2.75, 3.05) is 5.32 Å². The molecule has 2 aromatic carbocycles. The number of carboxylic acids is 1. The molecular formula is C25H27N3O5. The number of anilines is 1. The third kappa shape index (κ3) is 5.79. The molecule has 0 aliphatic carbocycles. The number of carbonyl (C=O) groups is 2. The van der Waals surface area contributed by atoms with Crippen LogP contribution in [-0.4, -0.2) is 26.8 Å². The summed E-state index contributed by atoms with van der Waals surface area (Å²) in [5.74, 6) is -1.44. The zero-order valence-corrected chi connectivity index (χ0v) is 18.8. The summed E-state index contributed by atoms with van der Waals surface area (Å²) in [6, 6.07) is 15.1. The Labute approximate surface area is 191 Å². The smallest absolute Gasteiger partial charge is 0.319 e. The number of hydrogen-bond donors (Lipinski definition) is 4. The zero-order valence-electron chi connectivity index (χ0n) is 18.8. The van der Waals surface area contributed by atoms with Crippen molar-refractivity contribution in [3.63, 3.8) is 0 Å². The Hall–Kier alpha value is -4.07. The van der Waals surface area contributed by atoms with Gasteiger partial charge < -0.3 is 25.4 Å². The number of urea groups is 1. The second-order valence-corrected chi connectivity index (χ2v) is 8.01. The number of carboxylic acid groups (broad SMARTS) is 1. The molecule has 172 valence electrons. The van der Waals surface area contributed by atoms with Crippen LogP contribution in [0.25, 0.3) is 0 Å². The van der Waals surface area contributed by atoms with E-state index in [1.807, 2.05) is 49.4 Å². The fourth-order valence-corrected chi connectivity index (χ4v) is 3.60. The van der Waals surface area contributed by atoms with E-state index in [0.29, 0.717) is 17.7 Å². The Bertz CT molecular complexity index is 1250. The number of benzene rings is 2. The molecule has 4 N–H and O–H groups in total. The van der Waals surface area contributed by atoms with Crippen LogP contribution in [0.4, 0.5) is 10.5 Å². The number of aromatic nitrogens is 1. The van der Waals surface area contributed by atoms with Gasteiger partial charge in [0.1, 0.15) is 5.75 Å². The minimum Gasteiger partial charge on any atom is -0.505 e. The molecule has 8 nitrogen and oxygen atoms in total. The predicted molar refractivity (Wildman–Crippen MR) is 126 cm³/mol. The van der Waals surface area contributed by atoms with Crippen LogP contribution in [0.1, 0.15) is 40.4 Å². The average Bonchev–Trinajstić information content (AvgIpc) is 2.76. The number of rotatable bonds is 7. The van der Waals surface area contributed by atoms with E-state index in [-0.39, 0.29) is 17.9 Å². The van der Waals surface area contributed by atoms with E-state index in [0.717, 1.165) is 16.7 Å². The highest BCUT2D eigenvalue weighted by molar-refractivity contribution is 5.91. The summed E-state index contributed by atoms with van der Waals surface area (Å²) in [5, 5.41) is 24.4. The van der Waals surface area contributed by atoms with E-state index >= 15 is 0 Å². The van der Waals surface area contributed by atoms with Crippen molar-refractivity contribution in [1.29, 1.82) is 0 Å². The molecule has 0 bridgehead atoms. The maximum absolute atomic E-state index is 12.6. The lowest BCUT2D eigenvalue weighted by Crippen LogP contribution is -2.36. The first-order valence-electron chi connectivity index (χ1n) is 10.5. The molecule has 1 heterocycles. The summed E-state index contributed by atoms with van der Waals surface area (Å²) >= 11 is 0. The number of carbonyl (C=O) groups excluding carboxylic acids is 1. The Morgan fingerprint density at radius 1 is 1.06 bits per heavy atom. The minimum absolute atomic E-state index is 0.275. The van der Waals surface area contributed by atoms with Gasteiger partial charge in [0.05, 0.1) is 12.5 Å². The van der Waals surface area contributed by atoms with Gasteiger partial charge in [0, 0.05) is 18.8 Å². The van der Waals surface area contributed by atoms with Gasteiger partial charge in [-0.2, -0.15) is 0 Å². The van der Waals surface area contributed by atoms with Crippen molar-refractivity contribution in [2.45, 2.75) is 32.7 Å². The van der Waals surface area contributed by atoms with Crippen LogP contribution in [0.15, 0.2) is 59.4 Å². The van der Waals surface area contributed by atoms with Crippen LogP contribution in [-0.2, 0) is 18.3 Å². The molecule has 0 aliphatic heterocycles. The summed E-state index contributed by atoms with van der Waals surface area (Å²) in [6.07, 6.45) is 0.318. The monoisotopic (exact) mass is 449 g/mol. The molecule has 1 atom stereocenters. The van der Waals surface area contributed by atoms with Crippen LogP contribution in [0.5, 0.6) is 5.75 Å². The van der Waals surface area contributed by atoms with E-state index < -0.39 is 23.6 Å². The number of nitrogens with one attached hydrogen (secondary N) is 2. The molecule has 1 aromatic heterocycles. The molecule has 8 heteroatoms. The summed E-state index contributed by atoms with van der Waals surface area (Å²) < 4.78 is 1.29. The highest BCUT2D eigenvalue weighted by Crippen LogP contribution is 2.23. The number of amides is 2. The van der Waals surface area contributed by atoms with Gasteiger partial charge in [-0.3, -0.25) is 9.59 Å². The quantitative estimate of drug-likeness (QED) is 0.439. The number of aryl methyl sites for hydroxylation is 2. The Morgan fingerprint density at radius 3 is 2.48 bits per heavy atom. The molecule has 0 unspecified atom stereocenters. The van der Waals surface area contributed by atoms with Gasteiger partial charge in [0.2, 0.25) is 0 Å². The lowest BCUT2D eigenvalue weighted by Gasteiger charge is -2.19. The van der Waals surface area contributed by atoms with Crippen molar-refractivity contribution in [2.24, 2.45) is 7.05 Å². The van der Waals surface area contributed by atoms with Crippen LogP contribution in [0.2, 0.25) is 0 Å². The number of aliphatic carboxylic acids is 1. The molecule has 0 spiro atoms. The van der Waals surface area contributed by atoms with E-state index in [1.54, 1.807) is 13.0 Å². The second-order valence-electron chi connectivity index (χ2n) is 8.01. The van der Waals surface area contributed by atoms with Crippen molar-refractivity contribution >= 4 is 17.7 Å². The van der Waals surface area contributed by atoms with E-state index in [1.165, 1.54) is 17.7 Å². The molecule has 3 aromatic rings. The number of pyridine rings is 1. The van der Waals surface area contributed by atoms with Gasteiger partial charge in [-0.05, 0) is 42.5 Å².